The summed E-state index contributed by atoms with van der Waals surface area (Å²) in [5.41, 5.74) is -0.139. The van der Waals surface area contributed by atoms with Crippen LogP contribution < -0.4 is 0 Å². The minimum Gasteiger partial charge on any atom is -0.478 e. The Hall–Kier alpha value is -0.980. The maximum absolute atomic E-state index is 13.8. The molecule has 0 fully saturated rings. The zero-order chi connectivity index (χ0) is 12.0. The van der Waals surface area contributed by atoms with Crippen LogP contribution in [0.3, 0.4) is 0 Å². The van der Waals surface area contributed by atoms with Crippen LogP contribution >= 0.6 is 15.9 Å². The summed E-state index contributed by atoms with van der Waals surface area (Å²) in [5.74, 6) is -2.11. The summed E-state index contributed by atoms with van der Waals surface area (Å²) in [5, 5.41) is 27.9. The minimum absolute atomic E-state index is 0.0121. The van der Waals surface area contributed by atoms with Crippen LogP contribution in [-0.2, 0) is 0 Å². The SMILES string of the molecule is O=C(O)c1cc2c(c(F)c1Br)C(O)CC2O. The first-order valence-electron chi connectivity index (χ1n) is 4.54. The van der Waals surface area contributed by atoms with Gasteiger partial charge in [-0.25, -0.2) is 9.18 Å². The van der Waals surface area contributed by atoms with Crippen molar-refractivity contribution in [1.29, 1.82) is 0 Å². The van der Waals surface area contributed by atoms with E-state index in [1.165, 1.54) is 6.07 Å². The number of hydrogen-bond acceptors (Lipinski definition) is 3. The smallest absolute Gasteiger partial charge is 0.336 e. The first-order chi connectivity index (χ1) is 7.43. The first-order valence-corrected chi connectivity index (χ1v) is 5.34. The van der Waals surface area contributed by atoms with E-state index in [-0.39, 0.29) is 27.6 Å². The van der Waals surface area contributed by atoms with Gasteiger partial charge in [-0.15, -0.1) is 0 Å². The molecule has 2 atom stereocenters. The van der Waals surface area contributed by atoms with Gasteiger partial charge in [0.25, 0.3) is 0 Å². The van der Waals surface area contributed by atoms with E-state index in [0.29, 0.717) is 0 Å². The number of carboxylic acid groups (broad SMARTS) is 1. The van der Waals surface area contributed by atoms with Gasteiger partial charge in [0.05, 0.1) is 22.2 Å². The van der Waals surface area contributed by atoms with Crippen molar-refractivity contribution in [2.24, 2.45) is 0 Å². The lowest BCUT2D eigenvalue weighted by Crippen LogP contribution is -2.05. The molecule has 0 saturated carbocycles. The van der Waals surface area contributed by atoms with Crippen LogP contribution in [0.25, 0.3) is 0 Å². The molecule has 1 aliphatic rings. The lowest BCUT2D eigenvalue weighted by atomic mass is 10.0. The Labute approximate surface area is 98.5 Å². The standard InChI is InChI=1S/C10H8BrFO4/c11-8-4(10(15)16)1-3-5(13)2-6(14)7(3)9(8)12/h1,5-6,13-14H,2H2,(H,15,16). The van der Waals surface area contributed by atoms with E-state index in [2.05, 4.69) is 15.9 Å². The number of benzene rings is 1. The van der Waals surface area contributed by atoms with Crippen molar-refractivity contribution >= 4 is 21.9 Å². The third-order valence-corrected chi connectivity index (χ3v) is 3.42. The highest BCUT2D eigenvalue weighted by molar-refractivity contribution is 9.10. The number of hydrogen-bond donors (Lipinski definition) is 3. The Morgan fingerprint density at radius 3 is 2.62 bits per heavy atom. The molecule has 86 valence electrons. The van der Waals surface area contributed by atoms with Crippen molar-refractivity contribution in [3.63, 3.8) is 0 Å². The molecule has 6 heteroatoms. The van der Waals surface area contributed by atoms with Gasteiger partial charge in [0.2, 0.25) is 0 Å². The fraction of sp³-hybridized carbons (Fsp3) is 0.300. The molecular weight excluding hydrogens is 283 g/mol. The van der Waals surface area contributed by atoms with Crippen LogP contribution in [0.4, 0.5) is 4.39 Å². The monoisotopic (exact) mass is 290 g/mol. The molecule has 0 saturated heterocycles. The van der Waals surface area contributed by atoms with E-state index in [1.807, 2.05) is 0 Å². The Balaban J connectivity index is 2.71. The van der Waals surface area contributed by atoms with E-state index in [4.69, 9.17) is 5.11 Å². The van der Waals surface area contributed by atoms with Crippen LogP contribution in [0.1, 0.15) is 40.1 Å². The van der Waals surface area contributed by atoms with Crippen molar-refractivity contribution in [3.05, 3.63) is 33.0 Å². The van der Waals surface area contributed by atoms with Gasteiger partial charge in [-0.2, -0.15) is 0 Å². The highest BCUT2D eigenvalue weighted by Gasteiger charge is 2.34. The van der Waals surface area contributed by atoms with Gasteiger partial charge in [-0.1, -0.05) is 0 Å². The fourth-order valence-electron chi connectivity index (χ4n) is 1.89. The Morgan fingerprint density at radius 2 is 2.06 bits per heavy atom. The molecular formula is C10H8BrFO4. The van der Waals surface area contributed by atoms with Crippen LogP contribution in [0.2, 0.25) is 0 Å². The highest BCUT2D eigenvalue weighted by Crippen LogP contribution is 2.43. The van der Waals surface area contributed by atoms with Gasteiger partial charge in [0, 0.05) is 12.0 Å². The van der Waals surface area contributed by atoms with Crippen LogP contribution in [0, 0.1) is 5.82 Å². The second-order valence-electron chi connectivity index (χ2n) is 3.63. The third kappa shape index (κ3) is 1.53. The molecule has 0 aliphatic heterocycles. The van der Waals surface area contributed by atoms with E-state index in [0.717, 1.165) is 0 Å². The van der Waals surface area contributed by atoms with E-state index >= 15 is 0 Å². The van der Waals surface area contributed by atoms with Gasteiger partial charge in [-0.3, -0.25) is 0 Å². The summed E-state index contributed by atoms with van der Waals surface area (Å²) in [6.07, 6.45) is -2.13. The lowest BCUT2D eigenvalue weighted by Gasteiger charge is -2.09. The second kappa shape index (κ2) is 3.80. The number of carboxylic acids is 1. The van der Waals surface area contributed by atoms with Crippen LogP contribution in [-0.4, -0.2) is 21.3 Å². The van der Waals surface area contributed by atoms with Crippen LogP contribution in [0.5, 0.6) is 0 Å². The van der Waals surface area contributed by atoms with Gasteiger partial charge < -0.3 is 15.3 Å². The fourth-order valence-corrected chi connectivity index (χ4v) is 2.38. The van der Waals surface area contributed by atoms with Crippen molar-refractivity contribution < 1.29 is 24.5 Å². The first kappa shape index (κ1) is 11.5. The summed E-state index contributed by atoms with van der Waals surface area (Å²) >= 11 is 2.83. The molecule has 3 N–H and O–H groups in total. The van der Waals surface area contributed by atoms with Crippen LogP contribution in [0.15, 0.2) is 10.5 Å². The zero-order valence-electron chi connectivity index (χ0n) is 7.94. The molecule has 0 heterocycles. The molecule has 0 radical (unpaired) electrons. The predicted molar refractivity (Wildman–Crippen MR) is 55.6 cm³/mol. The number of fused-ring (bicyclic) bond motifs is 1. The molecule has 0 bridgehead atoms. The number of aliphatic hydroxyl groups excluding tert-OH is 2. The largest absolute Gasteiger partial charge is 0.478 e. The maximum Gasteiger partial charge on any atom is 0.336 e. The van der Waals surface area contributed by atoms with Gasteiger partial charge in [0.15, 0.2) is 0 Å². The summed E-state index contributed by atoms with van der Waals surface area (Å²) in [7, 11) is 0. The quantitative estimate of drug-likeness (QED) is 0.736. The van der Waals surface area contributed by atoms with E-state index in [9.17, 15) is 19.4 Å². The predicted octanol–water partition coefficient (Wildman–Crippen LogP) is 1.76. The molecule has 4 nitrogen and oxygen atoms in total. The summed E-state index contributed by atoms with van der Waals surface area (Å²) in [6.45, 7) is 0. The Kier molecular flexibility index (Phi) is 2.73. The van der Waals surface area contributed by atoms with Gasteiger partial charge in [0.1, 0.15) is 5.82 Å². The molecule has 16 heavy (non-hydrogen) atoms. The van der Waals surface area contributed by atoms with E-state index in [1.54, 1.807) is 0 Å². The molecule has 0 aromatic heterocycles. The molecule has 0 spiro atoms. The average molecular weight is 291 g/mol. The molecule has 0 amide bonds. The topological polar surface area (TPSA) is 77.8 Å². The second-order valence-corrected chi connectivity index (χ2v) is 4.42. The third-order valence-electron chi connectivity index (χ3n) is 2.65. The number of aromatic carboxylic acids is 1. The van der Waals surface area contributed by atoms with Crippen molar-refractivity contribution in [1.82, 2.24) is 0 Å². The normalized spacial score (nSPS) is 23.2. The lowest BCUT2D eigenvalue weighted by molar-refractivity contribution is 0.0695. The van der Waals surface area contributed by atoms with Crippen molar-refractivity contribution in [3.8, 4) is 0 Å². The Morgan fingerprint density at radius 1 is 1.44 bits per heavy atom. The highest BCUT2D eigenvalue weighted by atomic mass is 79.9. The van der Waals surface area contributed by atoms with Crippen molar-refractivity contribution in [2.45, 2.75) is 18.6 Å². The summed E-state index contributed by atoms with van der Waals surface area (Å²) in [6, 6.07) is 1.19. The average Bonchev–Trinajstić information content (AvgIpc) is 2.47. The number of carbonyl (C=O) groups is 1. The number of aliphatic hydroxyl groups is 2. The molecule has 2 rings (SSSR count). The maximum atomic E-state index is 13.8. The van der Waals surface area contributed by atoms with Crippen molar-refractivity contribution in [2.75, 3.05) is 0 Å². The number of halogens is 2. The van der Waals surface area contributed by atoms with E-state index < -0.39 is 24.0 Å². The summed E-state index contributed by atoms with van der Waals surface area (Å²) < 4.78 is 13.6. The molecule has 1 aromatic carbocycles. The number of rotatable bonds is 1. The zero-order valence-corrected chi connectivity index (χ0v) is 9.53. The molecule has 2 unspecified atom stereocenters. The summed E-state index contributed by atoms with van der Waals surface area (Å²) in [4.78, 5) is 10.8. The molecule has 1 aliphatic carbocycles. The Bertz CT molecular complexity index is 474. The van der Waals surface area contributed by atoms with Gasteiger partial charge >= 0.3 is 5.97 Å². The molecule has 1 aromatic rings. The van der Waals surface area contributed by atoms with Gasteiger partial charge in [-0.05, 0) is 27.6 Å². The minimum atomic E-state index is -1.29.